The first-order valence-corrected chi connectivity index (χ1v) is 6.32. The predicted molar refractivity (Wildman–Crippen MR) is 75.2 cm³/mol. The number of halogens is 2. The normalized spacial score (nSPS) is 10.5. The molecule has 0 aliphatic rings. The average Bonchev–Trinajstić information content (AvgIpc) is 2.42. The van der Waals surface area contributed by atoms with Gasteiger partial charge in [0.15, 0.2) is 11.6 Å². The molecule has 0 aliphatic carbocycles. The van der Waals surface area contributed by atoms with Gasteiger partial charge >= 0.3 is 0 Å². The molecule has 0 heterocycles. The van der Waals surface area contributed by atoms with Gasteiger partial charge in [0.05, 0.1) is 17.6 Å². The summed E-state index contributed by atoms with van der Waals surface area (Å²) in [6.07, 6.45) is 0. The molecule has 2 aromatic rings. The van der Waals surface area contributed by atoms with Crippen LogP contribution in [0.25, 0.3) is 0 Å². The number of aryl methyl sites for hydroxylation is 1. The molecule has 1 N–H and O–H groups in total. The fourth-order valence-electron chi connectivity index (χ4n) is 1.79. The number of aliphatic hydroxyl groups is 1. The van der Waals surface area contributed by atoms with E-state index in [1.54, 1.807) is 12.1 Å². The summed E-state index contributed by atoms with van der Waals surface area (Å²) in [5, 5.41) is 20.3. The number of nitrogens with zero attached hydrogens (tertiary/aromatic N) is 1. The minimum Gasteiger partial charge on any atom is -0.454 e. The van der Waals surface area contributed by atoms with E-state index in [-0.39, 0.29) is 29.4 Å². The van der Waals surface area contributed by atoms with E-state index in [0.29, 0.717) is 10.6 Å². The van der Waals surface area contributed by atoms with Gasteiger partial charge in [-0.2, -0.15) is 0 Å². The largest absolute Gasteiger partial charge is 0.454 e. The van der Waals surface area contributed by atoms with Crippen LogP contribution >= 0.6 is 11.6 Å². The van der Waals surface area contributed by atoms with Gasteiger partial charge < -0.3 is 9.84 Å². The van der Waals surface area contributed by atoms with E-state index in [9.17, 15) is 19.6 Å². The summed E-state index contributed by atoms with van der Waals surface area (Å²) in [6, 6.07) is 6.58. The zero-order chi connectivity index (χ0) is 15.6. The maximum Gasteiger partial charge on any atom is 0.275 e. The van der Waals surface area contributed by atoms with Crippen LogP contribution in [0, 0.1) is 22.9 Å². The summed E-state index contributed by atoms with van der Waals surface area (Å²) in [4.78, 5) is 10.1. The number of hydrogen-bond acceptors (Lipinski definition) is 4. The van der Waals surface area contributed by atoms with Crippen molar-refractivity contribution in [2.45, 2.75) is 13.5 Å². The zero-order valence-corrected chi connectivity index (χ0v) is 11.7. The van der Waals surface area contributed by atoms with Crippen molar-refractivity contribution in [2.75, 3.05) is 0 Å². The molecular weight excluding hydrogens is 301 g/mol. The fraction of sp³-hybridized carbons (Fsp3) is 0.143. The summed E-state index contributed by atoms with van der Waals surface area (Å²) < 4.78 is 19.3. The van der Waals surface area contributed by atoms with Crippen LogP contribution in [0.1, 0.15) is 11.1 Å². The number of nitro benzene ring substituents is 1. The third-order valence-electron chi connectivity index (χ3n) is 2.87. The lowest BCUT2D eigenvalue weighted by Crippen LogP contribution is -1.97. The number of benzene rings is 2. The molecule has 0 saturated carbocycles. The van der Waals surface area contributed by atoms with E-state index >= 15 is 0 Å². The summed E-state index contributed by atoms with van der Waals surface area (Å²) in [7, 11) is 0. The van der Waals surface area contributed by atoms with Gasteiger partial charge in [-0.3, -0.25) is 10.1 Å². The van der Waals surface area contributed by atoms with E-state index in [4.69, 9.17) is 16.3 Å². The van der Waals surface area contributed by atoms with Crippen molar-refractivity contribution in [1.29, 1.82) is 0 Å². The second kappa shape index (κ2) is 6.07. The van der Waals surface area contributed by atoms with Crippen molar-refractivity contribution in [2.24, 2.45) is 0 Å². The molecule has 0 bridgehead atoms. The van der Waals surface area contributed by atoms with Gasteiger partial charge in [-0.1, -0.05) is 17.7 Å². The Labute approximate surface area is 124 Å². The van der Waals surface area contributed by atoms with Crippen LogP contribution < -0.4 is 4.74 Å². The van der Waals surface area contributed by atoms with Crippen LogP contribution in [0.4, 0.5) is 10.1 Å². The molecule has 0 spiro atoms. The third-order valence-corrected chi connectivity index (χ3v) is 3.10. The van der Waals surface area contributed by atoms with Crippen LogP contribution in [0.2, 0.25) is 5.02 Å². The zero-order valence-electron chi connectivity index (χ0n) is 11.0. The maximum atomic E-state index is 13.9. The molecule has 0 unspecified atom stereocenters. The van der Waals surface area contributed by atoms with Gasteiger partial charge in [0.25, 0.3) is 5.69 Å². The van der Waals surface area contributed by atoms with E-state index in [0.717, 1.165) is 6.07 Å². The van der Waals surface area contributed by atoms with E-state index < -0.39 is 10.7 Å². The minimum absolute atomic E-state index is 0.171. The van der Waals surface area contributed by atoms with Crippen molar-refractivity contribution in [3.05, 3.63) is 62.4 Å². The molecule has 110 valence electrons. The highest BCUT2D eigenvalue weighted by Crippen LogP contribution is 2.33. The molecule has 0 amide bonds. The number of nitro groups is 1. The van der Waals surface area contributed by atoms with Gasteiger partial charge in [0, 0.05) is 16.1 Å². The highest BCUT2D eigenvalue weighted by Gasteiger charge is 2.17. The molecule has 2 aromatic carbocycles. The molecule has 0 radical (unpaired) electrons. The van der Waals surface area contributed by atoms with Gasteiger partial charge in [-0.15, -0.1) is 0 Å². The molecular formula is C14H11ClFNO4. The summed E-state index contributed by atoms with van der Waals surface area (Å²) in [5.74, 6) is -0.844. The second-order valence-corrected chi connectivity index (χ2v) is 4.77. The molecule has 0 atom stereocenters. The van der Waals surface area contributed by atoms with Gasteiger partial charge in [-0.25, -0.2) is 4.39 Å². The van der Waals surface area contributed by atoms with Crippen LogP contribution in [-0.2, 0) is 6.61 Å². The number of rotatable bonds is 4. The predicted octanol–water partition coefficient (Wildman–Crippen LogP) is 3.98. The highest BCUT2D eigenvalue weighted by molar-refractivity contribution is 6.30. The average molecular weight is 312 g/mol. The first-order valence-electron chi connectivity index (χ1n) is 5.94. The molecule has 0 aromatic heterocycles. The Hall–Kier alpha value is -2.18. The summed E-state index contributed by atoms with van der Waals surface area (Å²) in [5.41, 5.74) is 0.368. The molecule has 0 aliphatic heterocycles. The maximum absolute atomic E-state index is 13.9. The number of aliphatic hydroxyl groups excluding tert-OH is 1. The Kier molecular flexibility index (Phi) is 4.40. The van der Waals surface area contributed by atoms with Crippen LogP contribution in [0.5, 0.6) is 11.5 Å². The van der Waals surface area contributed by atoms with Crippen molar-refractivity contribution in [1.82, 2.24) is 0 Å². The Balaban J connectivity index is 2.43. The lowest BCUT2D eigenvalue weighted by Gasteiger charge is -2.11. The lowest BCUT2D eigenvalue weighted by molar-refractivity contribution is -0.385. The van der Waals surface area contributed by atoms with Crippen LogP contribution in [0.15, 0.2) is 30.3 Å². The molecule has 0 saturated heterocycles. The van der Waals surface area contributed by atoms with Gasteiger partial charge in [-0.05, 0) is 25.1 Å². The molecule has 5 nitrogen and oxygen atoms in total. The van der Waals surface area contributed by atoms with Crippen LogP contribution in [0.3, 0.4) is 0 Å². The Morgan fingerprint density at radius 3 is 2.67 bits per heavy atom. The van der Waals surface area contributed by atoms with Crippen molar-refractivity contribution in [3.8, 4) is 11.5 Å². The second-order valence-electron chi connectivity index (χ2n) is 4.34. The number of ether oxygens (including phenoxy) is 1. The van der Waals surface area contributed by atoms with Crippen molar-refractivity contribution < 1.29 is 19.2 Å². The first-order chi connectivity index (χ1) is 9.92. The topological polar surface area (TPSA) is 72.6 Å². The summed E-state index contributed by atoms with van der Waals surface area (Å²) in [6.45, 7) is 1.18. The monoisotopic (exact) mass is 311 g/mol. The fourth-order valence-corrected chi connectivity index (χ4v) is 1.95. The lowest BCUT2D eigenvalue weighted by atomic mass is 10.1. The minimum atomic E-state index is -0.865. The van der Waals surface area contributed by atoms with Crippen molar-refractivity contribution >= 4 is 17.3 Å². The van der Waals surface area contributed by atoms with E-state index in [1.165, 1.54) is 19.1 Å². The molecule has 7 heteroatoms. The molecule has 0 fully saturated rings. The van der Waals surface area contributed by atoms with E-state index in [2.05, 4.69) is 0 Å². The van der Waals surface area contributed by atoms with E-state index in [1.807, 2.05) is 0 Å². The molecule has 21 heavy (non-hydrogen) atoms. The SMILES string of the molecule is Cc1cc(Oc2cc(Cl)ccc2CO)c(F)cc1[N+](=O)[O-]. The van der Waals surface area contributed by atoms with Gasteiger partial charge in [0.1, 0.15) is 5.75 Å². The Morgan fingerprint density at radius 1 is 1.33 bits per heavy atom. The quantitative estimate of drug-likeness (QED) is 0.684. The number of hydrogen-bond donors (Lipinski definition) is 1. The Bertz CT molecular complexity index is 706. The third kappa shape index (κ3) is 3.29. The van der Waals surface area contributed by atoms with Crippen LogP contribution in [-0.4, -0.2) is 10.0 Å². The smallest absolute Gasteiger partial charge is 0.275 e. The highest BCUT2D eigenvalue weighted by atomic mass is 35.5. The molecule has 2 rings (SSSR count). The van der Waals surface area contributed by atoms with Crippen molar-refractivity contribution in [3.63, 3.8) is 0 Å². The Morgan fingerprint density at radius 2 is 2.05 bits per heavy atom. The first kappa shape index (κ1) is 15.2. The van der Waals surface area contributed by atoms with Gasteiger partial charge in [0.2, 0.25) is 0 Å². The standard InChI is InChI=1S/C14H11ClFNO4/c1-8-4-14(11(16)6-12(8)17(19)20)21-13-5-10(15)3-2-9(13)7-18/h2-6,18H,7H2,1H3. The summed E-state index contributed by atoms with van der Waals surface area (Å²) >= 11 is 5.83.